The van der Waals surface area contributed by atoms with Gasteiger partial charge in [-0.15, -0.1) is 0 Å². The standard InChI is InChI=1S/C14H14N2/c1-10(8-15)12-7-6-11(9-16)13-4-2-3-5-14(12)13/h2-5,10-12H,6-7H2,1H3/t10-,11-,12-/m1/s1. The van der Waals surface area contributed by atoms with Gasteiger partial charge < -0.3 is 0 Å². The Morgan fingerprint density at radius 2 is 1.88 bits per heavy atom. The van der Waals surface area contributed by atoms with Gasteiger partial charge in [0.05, 0.1) is 24.0 Å². The Morgan fingerprint density at radius 1 is 1.19 bits per heavy atom. The van der Waals surface area contributed by atoms with Gasteiger partial charge in [0.2, 0.25) is 0 Å². The van der Waals surface area contributed by atoms with Crippen LogP contribution in [-0.4, -0.2) is 0 Å². The molecule has 80 valence electrons. The third kappa shape index (κ3) is 1.68. The Hall–Kier alpha value is -1.80. The van der Waals surface area contributed by atoms with Crippen molar-refractivity contribution in [2.24, 2.45) is 5.92 Å². The molecule has 2 rings (SSSR count). The van der Waals surface area contributed by atoms with Crippen molar-refractivity contribution in [1.82, 2.24) is 0 Å². The van der Waals surface area contributed by atoms with Gasteiger partial charge in [-0.25, -0.2) is 0 Å². The van der Waals surface area contributed by atoms with Crippen molar-refractivity contribution >= 4 is 0 Å². The van der Waals surface area contributed by atoms with Crippen molar-refractivity contribution < 1.29 is 0 Å². The van der Waals surface area contributed by atoms with E-state index in [0.29, 0.717) is 5.92 Å². The van der Waals surface area contributed by atoms with Crippen LogP contribution >= 0.6 is 0 Å². The zero-order chi connectivity index (χ0) is 11.5. The van der Waals surface area contributed by atoms with Crippen molar-refractivity contribution in [3.63, 3.8) is 0 Å². The lowest BCUT2D eigenvalue weighted by Crippen LogP contribution is -2.18. The van der Waals surface area contributed by atoms with E-state index >= 15 is 0 Å². The van der Waals surface area contributed by atoms with E-state index < -0.39 is 0 Å². The van der Waals surface area contributed by atoms with Crippen LogP contribution in [0.1, 0.15) is 42.7 Å². The van der Waals surface area contributed by atoms with E-state index in [4.69, 9.17) is 10.5 Å². The number of hydrogen-bond acceptors (Lipinski definition) is 2. The molecule has 0 spiro atoms. The van der Waals surface area contributed by atoms with Crippen LogP contribution < -0.4 is 0 Å². The van der Waals surface area contributed by atoms with Crippen molar-refractivity contribution in [2.45, 2.75) is 31.6 Å². The van der Waals surface area contributed by atoms with E-state index in [9.17, 15) is 0 Å². The highest BCUT2D eigenvalue weighted by Crippen LogP contribution is 2.41. The average molecular weight is 210 g/mol. The normalized spacial score (nSPS) is 24.9. The molecule has 3 atom stereocenters. The lowest BCUT2D eigenvalue weighted by molar-refractivity contribution is 0.459. The van der Waals surface area contributed by atoms with Crippen LogP contribution in [-0.2, 0) is 0 Å². The summed E-state index contributed by atoms with van der Waals surface area (Å²) in [6, 6.07) is 12.7. The second-order valence-electron chi connectivity index (χ2n) is 4.41. The van der Waals surface area contributed by atoms with Crippen LogP contribution in [0.5, 0.6) is 0 Å². The summed E-state index contributed by atoms with van der Waals surface area (Å²) in [5, 5.41) is 18.1. The molecule has 0 saturated carbocycles. The minimum absolute atomic E-state index is 0.0124. The molecule has 0 aliphatic heterocycles. The summed E-state index contributed by atoms with van der Waals surface area (Å²) in [5.41, 5.74) is 2.33. The number of nitriles is 2. The molecular weight excluding hydrogens is 196 g/mol. The molecule has 16 heavy (non-hydrogen) atoms. The second kappa shape index (κ2) is 4.37. The van der Waals surface area contributed by atoms with Crippen molar-refractivity contribution in [2.75, 3.05) is 0 Å². The molecule has 0 heterocycles. The Bertz CT molecular complexity index is 464. The lowest BCUT2D eigenvalue weighted by atomic mass is 9.73. The Kier molecular flexibility index (Phi) is 2.93. The Balaban J connectivity index is 2.44. The SMILES string of the molecule is C[C@H](C#N)[C@H]1CC[C@H](C#N)c2ccccc21. The van der Waals surface area contributed by atoms with E-state index in [0.717, 1.165) is 18.4 Å². The molecule has 0 N–H and O–H groups in total. The fraction of sp³-hybridized carbons (Fsp3) is 0.429. The van der Waals surface area contributed by atoms with Crippen LogP contribution in [0.3, 0.4) is 0 Å². The highest BCUT2D eigenvalue weighted by Gasteiger charge is 2.29. The van der Waals surface area contributed by atoms with Gasteiger partial charge in [0.1, 0.15) is 0 Å². The summed E-state index contributed by atoms with van der Waals surface area (Å²) in [7, 11) is 0. The number of nitrogens with zero attached hydrogens (tertiary/aromatic N) is 2. The zero-order valence-corrected chi connectivity index (χ0v) is 9.35. The van der Waals surface area contributed by atoms with Gasteiger partial charge in [-0.05, 0) is 36.8 Å². The molecule has 1 aliphatic carbocycles. The van der Waals surface area contributed by atoms with Gasteiger partial charge in [-0.1, -0.05) is 24.3 Å². The van der Waals surface area contributed by atoms with Gasteiger partial charge in [-0.2, -0.15) is 10.5 Å². The van der Waals surface area contributed by atoms with Gasteiger partial charge >= 0.3 is 0 Å². The molecule has 0 radical (unpaired) electrons. The summed E-state index contributed by atoms with van der Waals surface area (Å²) < 4.78 is 0. The third-order valence-corrected chi connectivity index (χ3v) is 3.50. The van der Waals surface area contributed by atoms with Crippen LogP contribution in [0, 0.1) is 28.6 Å². The molecular formula is C14H14N2. The predicted octanol–water partition coefficient (Wildman–Crippen LogP) is 3.33. The maximum absolute atomic E-state index is 9.10. The minimum Gasteiger partial charge on any atom is -0.198 e. The predicted molar refractivity (Wildman–Crippen MR) is 61.5 cm³/mol. The smallest absolute Gasteiger partial charge is 0.0715 e. The molecule has 1 aliphatic rings. The number of benzene rings is 1. The molecule has 0 amide bonds. The molecule has 1 aromatic rings. The minimum atomic E-state index is 0.0124. The molecule has 0 saturated heterocycles. The lowest BCUT2D eigenvalue weighted by Gasteiger charge is -2.29. The molecule has 0 unspecified atom stereocenters. The topological polar surface area (TPSA) is 47.6 Å². The second-order valence-corrected chi connectivity index (χ2v) is 4.41. The van der Waals surface area contributed by atoms with Gasteiger partial charge in [0.15, 0.2) is 0 Å². The van der Waals surface area contributed by atoms with Crippen molar-refractivity contribution in [3.05, 3.63) is 35.4 Å². The van der Waals surface area contributed by atoms with E-state index in [-0.39, 0.29) is 11.8 Å². The summed E-state index contributed by atoms with van der Waals surface area (Å²) in [6.07, 6.45) is 1.83. The van der Waals surface area contributed by atoms with Crippen LogP contribution in [0.4, 0.5) is 0 Å². The summed E-state index contributed by atoms with van der Waals surface area (Å²) in [5.74, 6) is 0.338. The number of hydrogen-bond donors (Lipinski definition) is 0. The molecule has 0 bridgehead atoms. The first-order valence-corrected chi connectivity index (χ1v) is 5.66. The number of rotatable bonds is 1. The zero-order valence-electron chi connectivity index (χ0n) is 9.35. The van der Waals surface area contributed by atoms with Crippen molar-refractivity contribution in [1.29, 1.82) is 10.5 Å². The van der Waals surface area contributed by atoms with E-state index in [1.165, 1.54) is 5.56 Å². The summed E-state index contributed by atoms with van der Waals surface area (Å²) in [6.45, 7) is 1.97. The van der Waals surface area contributed by atoms with E-state index in [1.807, 2.05) is 25.1 Å². The summed E-state index contributed by atoms with van der Waals surface area (Å²) in [4.78, 5) is 0. The van der Waals surface area contributed by atoms with Crippen LogP contribution in [0.2, 0.25) is 0 Å². The maximum Gasteiger partial charge on any atom is 0.0715 e. The van der Waals surface area contributed by atoms with Gasteiger partial charge in [-0.3, -0.25) is 0 Å². The fourth-order valence-corrected chi connectivity index (χ4v) is 2.57. The van der Waals surface area contributed by atoms with Gasteiger partial charge in [0.25, 0.3) is 0 Å². The first-order chi connectivity index (χ1) is 7.77. The molecule has 1 aromatic carbocycles. The first-order valence-electron chi connectivity index (χ1n) is 5.66. The largest absolute Gasteiger partial charge is 0.198 e. The van der Waals surface area contributed by atoms with Crippen LogP contribution in [0.15, 0.2) is 24.3 Å². The monoisotopic (exact) mass is 210 g/mol. The quantitative estimate of drug-likeness (QED) is 0.713. The first kappa shape index (κ1) is 10.7. The Labute approximate surface area is 96.1 Å². The van der Waals surface area contributed by atoms with Crippen molar-refractivity contribution in [3.8, 4) is 12.1 Å². The average Bonchev–Trinajstić information content (AvgIpc) is 2.36. The van der Waals surface area contributed by atoms with E-state index in [1.54, 1.807) is 0 Å². The maximum atomic E-state index is 9.10. The fourth-order valence-electron chi connectivity index (χ4n) is 2.57. The highest BCUT2D eigenvalue weighted by molar-refractivity contribution is 5.39. The van der Waals surface area contributed by atoms with E-state index in [2.05, 4.69) is 18.2 Å². The highest BCUT2D eigenvalue weighted by atomic mass is 14.4. The van der Waals surface area contributed by atoms with Gasteiger partial charge in [0, 0.05) is 0 Å². The Morgan fingerprint density at radius 3 is 2.50 bits per heavy atom. The third-order valence-electron chi connectivity index (χ3n) is 3.50. The molecule has 0 fully saturated rings. The number of fused-ring (bicyclic) bond motifs is 1. The van der Waals surface area contributed by atoms with Crippen LogP contribution in [0.25, 0.3) is 0 Å². The molecule has 2 nitrogen and oxygen atoms in total. The molecule has 0 aromatic heterocycles. The summed E-state index contributed by atoms with van der Waals surface area (Å²) >= 11 is 0. The molecule has 2 heteroatoms.